The molecule has 4 rings (SSSR count). The Morgan fingerprint density at radius 3 is 2.81 bits per heavy atom. The van der Waals surface area contributed by atoms with Crippen LogP contribution in [0.3, 0.4) is 0 Å². The number of aromatic nitrogens is 1. The molecule has 0 aliphatic heterocycles. The lowest BCUT2D eigenvalue weighted by atomic mass is 10.1. The summed E-state index contributed by atoms with van der Waals surface area (Å²) >= 11 is 5.92. The molecule has 1 aliphatic carbocycles. The van der Waals surface area contributed by atoms with Gasteiger partial charge in [-0.25, -0.2) is 4.98 Å². The monoisotopic (exact) mass is 380 g/mol. The number of fused-ring (bicyclic) bond motifs is 1. The number of aryl methyl sites for hydroxylation is 2. The second-order valence-electron chi connectivity index (χ2n) is 6.88. The maximum atomic E-state index is 12.7. The fourth-order valence-corrected chi connectivity index (χ4v) is 3.80. The fraction of sp³-hybridized carbons (Fsp3) is 0.273. The molecule has 1 amide bonds. The predicted octanol–water partition coefficient (Wildman–Crippen LogP) is 5.07. The van der Waals surface area contributed by atoms with Crippen molar-refractivity contribution in [2.45, 2.75) is 31.7 Å². The smallest absolute Gasteiger partial charge is 0.223 e. The molecule has 1 unspecified atom stereocenters. The summed E-state index contributed by atoms with van der Waals surface area (Å²) in [7, 11) is 1.89. The molecule has 1 atom stereocenters. The van der Waals surface area contributed by atoms with Crippen molar-refractivity contribution in [3.63, 3.8) is 0 Å². The Morgan fingerprint density at radius 2 is 2.00 bits per heavy atom. The molecule has 0 N–H and O–H groups in total. The van der Waals surface area contributed by atoms with Crippen molar-refractivity contribution in [3.8, 4) is 11.3 Å². The van der Waals surface area contributed by atoms with Crippen LogP contribution in [0.1, 0.15) is 35.9 Å². The van der Waals surface area contributed by atoms with Gasteiger partial charge in [0.1, 0.15) is 0 Å². The molecule has 0 saturated carbocycles. The minimum atomic E-state index is 0.114. The van der Waals surface area contributed by atoms with Crippen molar-refractivity contribution in [1.82, 2.24) is 9.88 Å². The van der Waals surface area contributed by atoms with Crippen LogP contribution in [0.2, 0.25) is 5.02 Å². The van der Waals surface area contributed by atoms with Crippen molar-refractivity contribution in [1.29, 1.82) is 0 Å². The summed E-state index contributed by atoms with van der Waals surface area (Å²) < 4.78 is 5.80. The first-order valence-electron chi connectivity index (χ1n) is 9.16. The third-order valence-corrected chi connectivity index (χ3v) is 5.45. The number of rotatable bonds is 5. The molecule has 5 heteroatoms. The van der Waals surface area contributed by atoms with Crippen molar-refractivity contribution < 1.29 is 9.21 Å². The van der Waals surface area contributed by atoms with E-state index in [2.05, 4.69) is 23.2 Å². The SMILES string of the molecule is CN(C(=O)CCc1ncc(-c2ccc(Cl)cc2)o1)C1CCc2ccccc21. The van der Waals surface area contributed by atoms with Crippen LogP contribution < -0.4 is 0 Å². The number of nitrogens with zero attached hydrogens (tertiary/aromatic N) is 2. The van der Waals surface area contributed by atoms with Crippen molar-refractivity contribution in [2.24, 2.45) is 0 Å². The van der Waals surface area contributed by atoms with E-state index >= 15 is 0 Å². The van der Waals surface area contributed by atoms with E-state index in [1.54, 1.807) is 6.20 Å². The zero-order valence-electron chi connectivity index (χ0n) is 15.2. The summed E-state index contributed by atoms with van der Waals surface area (Å²) in [5.74, 6) is 1.38. The minimum absolute atomic E-state index is 0.114. The van der Waals surface area contributed by atoms with E-state index in [4.69, 9.17) is 16.0 Å². The zero-order valence-corrected chi connectivity index (χ0v) is 15.9. The molecule has 2 aromatic carbocycles. The quantitative estimate of drug-likeness (QED) is 0.620. The molecule has 3 aromatic rings. The Hall–Kier alpha value is -2.59. The van der Waals surface area contributed by atoms with Gasteiger partial charge in [-0.15, -0.1) is 0 Å². The first-order chi connectivity index (χ1) is 13.1. The highest BCUT2D eigenvalue weighted by Crippen LogP contribution is 2.35. The highest BCUT2D eigenvalue weighted by molar-refractivity contribution is 6.30. The number of benzene rings is 2. The van der Waals surface area contributed by atoms with Gasteiger partial charge in [0.2, 0.25) is 5.91 Å². The van der Waals surface area contributed by atoms with Crippen LogP contribution in [0.25, 0.3) is 11.3 Å². The maximum Gasteiger partial charge on any atom is 0.223 e. The van der Waals surface area contributed by atoms with Crippen LogP contribution in [-0.2, 0) is 17.6 Å². The van der Waals surface area contributed by atoms with Crippen LogP contribution in [0, 0.1) is 0 Å². The van der Waals surface area contributed by atoms with Gasteiger partial charge in [0, 0.05) is 30.5 Å². The molecule has 138 valence electrons. The molecule has 4 nitrogen and oxygen atoms in total. The number of halogens is 1. The Bertz CT molecular complexity index is 949. The molecule has 27 heavy (non-hydrogen) atoms. The van der Waals surface area contributed by atoms with Gasteiger partial charge in [0.05, 0.1) is 12.2 Å². The molecule has 1 heterocycles. The van der Waals surface area contributed by atoms with E-state index in [-0.39, 0.29) is 11.9 Å². The van der Waals surface area contributed by atoms with Gasteiger partial charge < -0.3 is 9.32 Å². The lowest BCUT2D eigenvalue weighted by molar-refractivity contribution is -0.132. The molecule has 0 spiro atoms. The van der Waals surface area contributed by atoms with Gasteiger partial charge in [-0.2, -0.15) is 0 Å². The number of oxazole rings is 1. The van der Waals surface area contributed by atoms with Crippen molar-refractivity contribution >= 4 is 17.5 Å². The van der Waals surface area contributed by atoms with Crippen LogP contribution in [0.4, 0.5) is 0 Å². The first-order valence-corrected chi connectivity index (χ1v) is 9.54. The maximum absolute atomic E-state index is 12.7. The van der Waals surface area contributed by atoms with E-state index in [0.717, 1.165) is 18.4 Å². The van der Waals surface area contributed by atoms with Gasteiger partial charge in [0.15, 0.2) is 11.7 Å². The third kappa shape index (κ3) is 3.76. The summed E-state index contributed by atoms with van der Waals surface area (Å²) in [6.07, 6.45) is 4.59. The lowest BCUT2D eigenvalue weighted by Gasteiger charge is -2.25. The molecule has 0 bridgehead atoms. The molecule has 0 fully saturated rings. The number of hydrogen-bond donors (Lipinski definition) is 0. The third-order valence-electron chi connectivity index (χ3n) is 5.20. The molecule has 0 radical (unpaired) electrons. The number of hydrogen-bond acceptors (Lipinski definition) is 3. The molecular formula is C22H21ClN2O2. The van der Waals surface area contributed by atoms with Crippen LogP contribution in [0.5, 0.6) is 0 Å². The van der Waals surface area contributed by atoms with Crippen molar-refractivity contribution in [2.75, 3.05) is 7.05 Å². The Morgan fingerprint density at radius 1 is 1.22 bits per heavy atom. The Labute approximate surface area is 163 Å². The zero-order chi connectivity index (χ0) is 18.8. The molecule has 1 aromatic heterocycles. The summed E-state index contributed by atoms with van der Waals surface area (Å²) in [6.45, 7) is 0. The summed E-state index contributed by atoms with van der Waals surface area (Å²) in [6, 6.07) is 16.0. The average Bonchev–Trinajstić information content (AvgIpc) is 3.33. The average molecular weight is 381 g/mol. The summed E-state index contributed by atoms with van der Waals surface area (Å²) in [5, 5.41) is 0.681. The predicted molar refractivity (Wildman–Crippen MR) is 106 cm³/mol. The fourth-order valence-electron chi connectivity index (χ4n) is 3.67. The van der Waals surface area contributed by atoms with E-state index in [1.165, 1.54) is 11.1 Å². The van der Waals surface area contributed by atoms with E-state index < -0.39 is 0 Å². The molecular weight excluding hydrogens is 360 g/mol. The highest BCUT2D eigenvalue weighted by atomic mass is 35.5. The summed E-state index contributed by atoms with van der Waals surface area (Å²) in [5.41, 5.74) is 3.54. The normalized spacial score (nSPS) is 15.6. The van der Waals surface area contributed by atoms with Gasteiger partial charge in [-0.3, -0.25) is 4.79 Å². The van der Waals surface area contributed by atoms with Gasteiger partial charge in [-0.1, -0.05) is 35.9 Å². The second-order valence-corrected chi connectivity index (χ2v) is 7.32. The first kappa shape index (κ1) is 17.8. The van der Waals surface area contributed by atoms with Gasteiger partial charge >= 0.3 is 0 Å². The number of carbonyl (C=O) groups is 1. The standard InChI is InChI=1S/C22H21ClN2O2/c1-25(19-11-8-15-4-2-3-5-18(15)19)22(26)13-12-21-24-14-20(27-21)16-6-9-17(23)10-7-16/h2-7,9-10,14,19H,8,11-13H2,1H3. The molecule has 0 saturated heterocycles. The minimum Gasteiger partial charge on any atom is -0.441 e. The molecule has 1 aliphatic rings. The highest BCUT2D eigenvalue weighted by Gasteiger charge is 2.28. The van der Waals surface area contributed by atoms with Gasteiger partial charge in [-0.05, 0) is 48.2 Å². The second kappa shape index (κ2) is 7.57. The van der Waals surface area contributed by atoms with E-state index in [0.29, 0.717) is 29.5 Å². The number of amides is 1. The largest absolute Gasteiger partial charge is 0.441 e. The number of carbonyl (C=O) groups excluding carboxylic acids is 1. The van der Waals surface area contributed by atoms with E-state index in [9.17, 15) is 4.79 Å². The Balaban J connectivity index is 1.38. The lowest BCUT2D eigenvalue weighted by Crippen LogP contribution is -2.30. The van der Waals surface area contributed by atoms with Crippen LogP contribution in [0.15, 0.2) is 59.1 Å². The van der Waals surface area contributed by atoms with Gasteiger partial charge in [0.25, 0.3) is 0 Å². The van der Waals surface area contributed by atoms with Crippen LogP contribution in [-0.4, -0.2) is 22.8 Å². The summed E-state index contributed by atoms with van der Waals surface area (Å²) in [4.78, 5) is 18.8. The van der Waals surface area contributed by atoms with Crippen molar-refractivity contribution in [3.05, 3.63) is 76.8 Å². The Kier molecular flexibility index (Phi) is 4.99. The van der Waals surface area contributed by atoms with E-state index in [1.807, 2.05) is 42.3 Å². The topological polar surface area (TPSA) is 46.3 Å². The van der Waals surface area contributed by atoms with Crippen LogP contribution >= 0.6 is 11.6 Å².